The van der Waals surface area contributed by atoms with Gasteiger partial charge in [-0.05, 0) is 58.5 Å². The second kappa shape index (κ2) is 6.82. The molecule has 6 heteroatoms. The summed E-state index contributed by atoms with van der Waals surface area (Å²) >= 11 is 0. The number of aryl methyl sites for hydroxylation is 1. The normalized spacial score (nSPS) is 27.2. The molecule has 1 N–H and O–H groups in total. The molecule has 4 rings (SSSR count). The van der Waals surface area contributed by atoms with Crippen LogP contribution in [-0.2, 0) is 4.79 Å². The van der Waals surface area contributed by atoms with Crippen LogP contribution < -0.4 is 0 Å². The number of piperidine rings is 1. The second-order valence-corrected chi connectivity index (χ2v) is 7.72. The summed E-state index contributed by atoms with van der Waals surface area (Å²) in [4.78, 5) is 22.2. The summed E-state index contributed by atoms with van der Waals surface area (Å²) in [6.45, 7) is 4.97. The van der Waals surface area contributed by atoms with E-state index in [2.05, 4.69) is 25.0 Å². The quantitative estimate of drug-likeness (QED) is 0.924. The highest BCUT2D eigenvalue weighted by molar-refractivity contribution is 5.79. The molecule has 1 atom stereocenters. The molecule has 1 saturated carbocycles. The highest BCUT2D eigenvalue weighted by Gasteiger charge is 2.38. The summed E-state index contributed by atoms with van der Waals surface area (Å²) < 4.78 is 0. The van der Waals surface area contributed by atoms with Gasteiger partial charge in [-0.25, -0.2) is 4.98 Å². The first-order valence-electron chi connectivity index (χ1n) is 9.66. The molecule has 132 valence electrons. The summed E-state index contributed by atoms with van der Waals surface area (Å²) in [5.41, 5.74) is 0. The Balaban J connectivity index is 1.37. The van der Waals surface area contributed by atoms with E-state index in [1.807, 2.05) is 6.92 Å². The van der Waals surface area contributed by atoms with Crippen LogP contribution in [0.1, 0.15) is 69.1 Å². The van der Waals surface area contributed by atoms with Gasteiger partial charge in [0, 0.05) is 18.5 Å². The van der Waals surface area contributed by atoms with Gasteiger partial charge in [0.2, 0.25) is 5.91 Å². The van der Waals surface area contributed by atoms with Crippen molar-refractivity contribution in [2.24, 2.45) is 5.92 Å². The first-order valence-corrected chi connectivity index (χ1v) is 9.66. The van der Waals surface area contributed by atoms with Gasteiger partial charge in [0.05, 0.1) is 6.04 Å². The lowest BCUT2D eigenvalue weighted by atomic mass is 9.93. The van der Waals surface area contributed by atoms with Crippen molar-refractivity contribution in [2.45, 2.75) is 70.4 Å². The number of hydrogen-bond acceptors (Lipinski definition) is 4. The van der Waals surface area contributed by atoms with Gasteiger partial charge in [0.15, 0.2) is 5.82 Å². The van der Waals surface area contributed by atoms with Crippen LogP contribution in [-0.4, -0.2) is 56.6 Å². The Morgan fingerprint density at radius 3 is 2.46 bits per heavy atom. The third kappa shape index (κ3) is 3.08. The van der Waals surface area contributed by atoms with Gasteiger partial charge in [-0.3, -0.25) is 9.89 Å². The van der Waals surface area contributed by atoms with E-state index in [0.717, 1.165) is 63.0 Å². The third-order valence-electron chi connectivity index (χ3n) is 6.17. The number of carbonyl (C=O) groups is 1. The van der Waals surface area contributed by atoms with E-state index >= 15 is 0 Å². The molecule has 2 saturated heterocycles. The Kier molecular flexibility index (Phi) is 4.57. The highest BCUT2D eigenvalue weighted by atomic mass is 16.2. The van der Waals surface area contributed by atoms with Crippen LogP contribution in [0.3, 0.4) is 0 Å². The van der Waals surface area contributed by atoms with Gasteiger partial charge in [0.1, 0.15) is 5.82 Å². The molecule has 3 fully saturated rings. The van der Waals surface area contributed by atoms with Gasteiger partial charge in [-0.15, -0.1) is 0 Å². The smallest absolute Gasteiger partial charge is 0.226 e. The van der Waals surface area contributed by atoms with E-state index in [-0.39, 0.29) is 12.0 Å². The molecular formula is C18H29N5O. The van der Waals surface area contributed by atoms with Gasteiger partial charge in [-0.2, -0.15) is 5.10 Å². The standard InChI is InChI=1S/C18H29N5O/c1-13-19-17(21-20-13)16-7-4-10-23(16)18(24)14-8-11-22(12-9-14)15-5-2-3-6-15/h14-16H,2-12H2,1H3,(H,19,20,21). The molecule has 1 amide bonds. The van der Waals surface area contributed by atoms with E-state index in [4.69, 9.17) is 0 Å². The molecule has 1 aromatic heterocycles. The highest BCUT2D eigenvalue weighted by Crippen LogP contribution is 2.34. The number of rotatable bonds is 3. The van der Waals surface area contributed by atoms with E-state index in [1.54, 1.807) is 0 Å². The van der Waals surface area contributed by atoms with E-state index in [1.165, 1.54) is 25.7 Å². The molecule has 24 heavy (non-hydrogen) atoms. The predicted molar refractivity (Wildman–Crippen MR) is 91.4 cm³/mol. The minimum atomic E-state index is 0.0790. The van der Waals surface area contributed by atoms with Crippen molar-refractivity contribution >= 4 is 5.91 Å². The van der Waals surface area contributed by atoms with Crippen LogP contribution in [0.5, 0.6) is 0 Å². The third-order valence-corrected chi connectivity index (χ3v) is 6.17. The zero-order valence-corrected chi connectivity index (χ0v) is 14.7. The summed E-state index contributed by atoms with van der Waals surface area (Å²) in [7, 11) is 0. The van der Waals surface area contributed by atoms with Crippen LogP contribution in [0, 0.1) is 12.8 Å². The Bertz CT molecular complexity index is 572. The maximum atomic E-state index is 13.1. The molecule has 0 aromatic carbocycles. The molecule has 0 bridgehead atoms. The average molecular weight is 331 g/mol. The van der Waals surface area contributed by atoms with Crippen molar-refractivity contribution in [3.8, 4) is 0 Å². The van der Waals surface area contributed by atoms with Gasteiger partial charge in [-0.1, -0.05) is 12.8 Å². The zero-order valence-electron chi connectivity index (χ0n) is 14.7. The lowest BCUT2D eigenvalue weighted by molar-refractivity contribution is -0.138. The van der Waals surface area contributed by atoms with Crippen molar-refractivity contribution in [3.05, 3.63) is 11.6 Å². The fourth-order valence-electron chi connectivity index (χ4n) is 4.82. The molecule has 1 unspecified atom stereocenters. The average Bonchev–Trinajstić information content (AvgIpc) is 3.35. The van der Waals surface area contributed by atoms with Crippen LogP contribution in [0.2, 0.25) is 0 Å². The maximum Gasteiger partial charge on any atom is 0.226 e. The molecule has 6 nitrogen and oxygen atoms in total. The maximum absolute atomic E-state index is 13.1. The summed E-state index contributed by atoms with van der Waals surface area (Å²) in [6.07, 6.45) is 9.57. The minimum absolute atomic E-state index is 0.0790. The molecule has 1 aliphatic carbocycles. The number of aromatic nitrogens is 3. The molecule has 3 heterocycles. The molecule has 2 aliphatic heterocycles. The predicted octanol–water partition coefficient (Wildman–Crippen LogP) is 2.43. The van der Waals surface area contributed by atoms with Gasteiger partial charge >= 0.3 is 0 Å². The molecule has 1 aromatic rings. The molecular weight excluding hydrogens is 302 g/mol. The number of amides is 1. The molecule has 3 aliphatic rings. The Morgan fingerprint density at radius 1 is 1.04 bits per heavy atom. The number of nitrogens with zero attached hydrogens (tertiary/aromatic N) is 4. The first kappa shape index (κ1) is 16.1. The van der Waals surface area contributed by atoms with E-state index in [0.29, 0.717) is 5.91 Å². The molecule has 0 spiro atoms. The zero-order chi connectivity index (χ0) is 16.5. The van der Waals surface area contributed by atoms with Crippen LogP contribution in [0.25, 0.3) is 0 Å². The Morgan fingerprint density at radius 2 is 1.79 bits per heavy atom. The number of carbonyl (C=O) groups excluding carboxylic acids is 1. The number of likely N-dealkylation sites (tertiary alicyclic amines) is 2. The van der Waals surface area contributed by atoms with Crippen molar-refractivity contribution in [1.29, 1.82) is 0 Å². The number of hydrogen-bond donors (Lipinski definition) is 1. The second-order valence-electron chi connectivity index (χ2n) is 7.72. The number of nitrogens with one attached hydrogen (secondary N) is 1. The topological polar surface area (TPSA) is 65.1 Å². The molecule has 0 radical (unpaired) electrons. The van der Waals surface area contributed by atoms with Gasteiger partial charge in [0.25, 0.3) is 0 Å². The van der Waals surface area contributed by atoms with Crippen LogP contribution in [0.4, 0.5) is 0 Å². The summed E-state index contributed by atoms with van der Waals surface area (Å²) in [5.74, 6) is 2.16. The van der Waals surface area contributed by atoms with Crippen LogP contribution in [0.15, 0.2) is 0 Å². The lowest BCUT2D eigenvalue weighted by Crippen LogP contribution is -2.45. The monoisotopic (exact) mass is 331 g/mol. The fourth-order valence-corrected chi connectivity index (χ4v) is 4.82. The van der Waals surface area contributed by atoms with Crippen molar-refractivity contribution < 1.29 is 4.79 Å². The largest absolute Gasteiger partial charge is 0.332 e. The summed E-state index contributed by atoms with van der Waals surface area (Å²) in [6, 6.07) is 0.868. The first-order chi connectivity index (χ1) is 11.7. The van der Waals surface area contributed by atoms with Crippen LogP contribution >= 0.6 is 0 Å². The van der Waals surface area contributed by atoms with E-state index in [9.17, 15) is 4.79 Å². The minimum Gasteiger partial charge on any atom is -0.332 e. The summed E-state index contributed by atoms with van der Waals surface area (Å²) in [5, 5.41) is 7.22. The lowest BCUT2D eigenvalue weighted by Gasteiger charge is -2.37. The van der Waals surface area contributed by atoms with Crippen molar-refractivity contribution in [3.63, 3.8) is 0 Å². The fraction of sp³-hybridized carbons (Fsp3) is 0.833. The Hall–Kier alpha value is -1.43. The van der Waals surface area contributed by atoms with E-state index < -0.39 is 0 Å². The van der Waals surface area contributed by atoms with Crippen molar-refractivity contribution in [2.75, 3.05) is 19.6 Å². The number of aromatic amines is 1. The Labute approximate surface area is 144 Å². The van der Waals surface area contributed by atoms with Gasteiger partial charge < -0.3 is 9.80 Å². The number of H-pyrrole nitrogens is 1. The van der Waals surface area contributed by atoms with Crippen molar-refractivity contribution in [1.82, 2.24) is 25.0 Å². The SMILES string of the molecule is Cc1nc(C2CCCN2C(=O)C2CCN(C3CCCC3)CC2)n[nH]1.